The van der Waals surface area contributed by atoms with Crippen molar-refractivity contribution in [2.75, 3.05) is 13.7 Å². The first-order chi connectivity index (χ1) is 14.7. The molecule has 2 amide bonds. The summed E-state index contributed by atoms with van der Waals surface area (Å²) < 4.78 is 11.4. The van der Waals surface area contributed by atoms with Crippen molar-refractivity contribution in [1.82, 2.24) is 10.8 Å². The van der Waals surface area contributed by atoms with E-state index in [9.17, 15) is 9.59 Å². The van der Waals surface area contributed by atoms with Gasteiger partial charge in [-0.25, -0.2) is 10.3 Å². The molecule has 2 aromatic rings. The zero-order chi connectivity index (χ0) is 22.6. The Morgan fingerprint density at radius 2 is 1.55 bits per heavy atom. The molecule has 0 fully saturated rings. The third-order valence-corrected chi connectivity index (χ3v) is 5.11. The molecular weight excluding hydrogens is 396 g/mol. The van der Waals surface area contributed by atoms with E-state index < -0.39 is 29.7 Å². The third-order valence-electron chi connectivity index (χ3n) is 5.11. The fourth-order valence-corrected chi connectivity index (χ4v) is 3.95. The normalized spacial score (nSPS) is 14.9. The van der Waals surface area contributed by atoms with Gasteiger partial charge in [-0.2, -0.15) is 0 Å². The molecule has 0 spiro atoms. The van der Waals surface area contributed by atoms with Crippen LogP contribution in [0, 0.1) is 0 Å². The molecule has 166 valence electrons. The summed E-state index contributed by atoms with van der Waals surface area (Å²) in [6.07, 6.45) is -1.29. The molecule has 1 aliphatic carbocycles. The number of rotatable bonds is 7. The summed E-state index contributed by atoms with van der Waals surface area (Å²) in [6, 6.07) is 15.2. The first kappa shape index (κ1) is 22.8. The average molecular weight is 427 g/mol. The number of hydrogen-bond donors (Lipinski definition) is 2. The van der Waals surface area contributed by atoms with Crippen molar-refractivity contribution in [3.05, 3.63) is 59.7 Å². The van der Waals surface area contributed by atoms with Gasteiger partial charge in [-0.05, 0) is 49.9 Å². The Balaban J connectivity index is 1.70. The fourth-order valence-electron chi connectivity index (χ4n) is 3.95. The van der Waals surface area contributed by atoms with E-state index in [0.717, 1.165) is 22.3 Å². The van der Waals surface area contributed by atoms with E-state index in [1.54, 1.807) is 6.92 Å². The Labute approximate surface area is 183 Å². The van der Waals surface area contributed by atoms with Crippen LogP contribution in [0.15, 0.2) is 48.5 Å². The number of fused-ring (bicyclic) bond motifs is 3. The summed E-state index contributed by atoms with van der Waals surface area (Å²) in [4.78, 5) is 29.7. The number of benzene rings is 2. The molecule has 0 bridgehead atoms. The van der Waals surface area contributed by atoms with Gasteiger partial charge < -0.3 is 14.8 Å². The number of alkyl carbamates (subject to hydrolysis) is 1. The molecule has 0 aromatic heterocycles. The summed E-state index contributed by atoms with van der Waals surface area (Å²) in [6.45, 7) is 7.51. The van der Waals surface area contributed by atoms with Gasteiger partial charge in [0, 0.05) is 5.92 Å². The summed E-state index contributed by atoms with van der Waals surface area (Å²) in [5.41, 5.74) is 6.30. The van der Waals surface area contributed by atoms with Crippen molar-refractivity contribution in [3.63, 3.8) is 0 Å². The minimum absolute atomic E-state index is 0.0624. The molecule has 0 saturated carbocycles. The Bertz CT molecular complexity index is 892. The van der Waals surface area contributed by atoms with Crippen LogP contribution >= 0.6 is 0 Å². The molecule has 0 heterocycles. The van der Waals surface area contributed by atoms with Gasteiger partial charge in [-0.15, -0.1) is 0 Å². The predicted octanol–water partition coefficient (Wildman–Crippen LogP) is 3.77. The maximum Gasteiger partial charge on any atom is 0.407 e. The molecule has 1 aliphatic rings. The van der Waals surface area contributed by atoms with E-state index in [2.05, 4.69) is 35.1 Å². The van der Waals surface area contributed by atoms with Crippen LogP contribution in [-0.2, 0) is 19.1 Å². The average Bonchev–Trinajstić information content (AvgIpc) is 3.03. The Kier molecular flexibility index (Phi) is 6.97. The van der Waals surface area contributed by atoms with Gasteiger partial charge in [-0.1, -0.05) is 48.5 Å². The molecule has 7 heteroatoms. The second-order valence-electron chi connectivity index (χ2n) is 8.55. The number of ether oxygens (including phenoxy) is 2. The zero-order valence-electron chi connectivity index (χ0n) is 18.6. The van der Waals surface area contributed by atoms with E-state index >= 15 is 0 Å². The molecule has 1 unspecified atom stereocenters. The number of hydroxylamine groups is 1. The van der Waals surface area contributed by atoms with Crippen LogP contribution in [0.5, 0.6) is 0 Å². The minimum Gasteiger partial charge on any atom is -0.449 e. The Morgan fingerprint density at radius 3 is 2.06 bits per heavy atom. The number of carbonyl (C=O) groups is 2. The van der Waals surface area contributed by atoms with E-state index in [1.165, 1.54) is 7.11 Å². The molecule has 2 atom stereocenters. The lowest BCUT2D eigenvalue weighted by atomic mass is 9.98. The fraction of sp³-hybridized carbons (Fsp3) is 0.417. The smallest absolute Gasteiger partial charge is 0.407 e. The lowest BCUT2D eigenvalue weighted by Gasteiger charge is -2.30. The maximum atomic E-state index is 12.6. The van der Waals surface area contributed by atoms with Gasteiger partial charge in [0.05, 0.1) is 18.8 Å². The van der Waals surface area contributed by atoms with Crippen molar-refractivity contribution in [2.45, 2.75) is 51.4 Å². The lowest BCUT2D eigenvalue weighted by molar-refractivity contribution is -0.141. The van der Waals surface area contributed by atoms with Crippen LogP contribution in [-0.4, -0.2) is 43.5 Å². The molecule has 0 aliphatic heterocycles. The van der Waals surface area contributed by atoms with Crippen LogP contribution in [0.25, 0.3) is 11.1 Å². The number of hydrogen-bond acceptors (Lipinski definition) is 5. The first-order valence-corrected chi connectivity index (χ1v) is 10.3. The summed E-state index contributed by atoms with van der Waals surface area (Å²) >= 11 is 0. The monoisotopic (exact) mass is 426 g/mol. The molecule has 3 rings (SSSR count). The van der Waals surface area contributed by atoms with Crippen LogP contribution in [0.1, 0.15) is 44.7 Å². The van der Waals surface area contributed by atoms with E-state index in [4.69, 9.17) is 14.3 Å². The maximum absolute atomic E-state index is 12.6. The highest BCUT2D eigenvalue weighted by Crippen LogP contribution is 2.44. The molecule has 0 radical (unpaired) electrons. The highest BCUT2D eigenvalue weighted by Gasteiger charge is 2.33. The van der Waals surface area contributed by atoms with Gasteiger partial charge in [0.25, 0.3) is 5.91 Å². The first-order valence-electron chi connectivity index (χ1n) is 10.3. The van der Waals surface area contributed by atoms with Gasteiger partial charge >= 0.3 is 6.09 Å². The summed E-state index contributed by atoms with van der Waals surface area (Å²) in [5, 5.41) is 2.62. The highest BCUT2D eigenvalue weighted by atomic mass is 16.6. The predicted molar refractivity (Wildman–Crippen MR) is 117 cm³/mol. The SMILES string of the molecule is CONC(=O)C(NC(=O)OCC1c2ccccc2-c2ccccc21)[C@@H](C)OC(C)(C)C. The van der Waals surface area contributed by atoms with Crippen molar-refractivity contribution in [3.8, 4) is 11.1 Å². The Morgan fingerprint density at radius 1 is 1.00 bits per heavy atom. The molecule has 2 aromatic carbocycles. The number of carbonyl (C=O) groups excluding carboxylic acids is 2. The van der Waals surface area contributed by atoms with Gasteiger partial charge in [0.1, 0.15) is 12.6 Å². The van der Waals surface area contributed by atoms with Gasteiger partial charge in [0.15, 0.2) is 0 Å². The Hall–Kier alpha value is -2.90. The number of nitrogens with one attached hydrogen (secondary N) is 2. The van der Waals surface area contributed by atoms with E-state index in [-0.39, 0.29) is 12.5 Å². The topological polar surface area (TPSA) is 85.9 Å². The lowest BCUT2D eigenvalue weighted by Crippen LogP contribution is -2.54. The second kappa shape index (κ2) is 9.49. The van der Waals surface area contributed by atoms with Crippen LogP contribution in [0.4, 0.5) is 4.79 Å². The van der Waals surface area contributed by atoms with E-state index in [1.807, 2.05) is 45.0 Å². The molecule has 31 heavy (non-hydrogen) atoms. The van der Waals surface area contributed by atoms with Crippen LogP contribution in [0.3, 0.4) is 0 Å². The minimum atomic E-state index is -0.977. The van der Waals surface area contributed by atoms with Gasteiger partial charge in [-0.3, -0.25) is 9.63 Å². The molecule has 2 N–H and O–H groups in total. The van der Waals surface area contributed by atoms with Crippen LogP contribution in [0.2, 0.25) is 0 Å². The molecular formula is C24H30N2O5. The largest absolute Gasteiger partial charge is 0.449 e. The third kappa shape index (κ3) is 5.42. The number of amides is 2. The van der Waals surface area contributed by atoms with Gasteiger partial charge in [0.2, 0.25) is 0 Å². The van der Waals surface area contributed by atoms with E-state index in [0.29, 0.717) is 0 Å². The molecule has 7 nitrogen and oxygen atoms in total. The van der Waals surface area contributed by atoms with Crippen molar-refractivity contribution in [2.24, 2.45) is 0 Å². The van der Waals surface area contributed by atoms with Crippen molar-refractivity contribution < 1.29 is 23.9 Å². The zero-order valence-corrected chi connectivity index (χ0v) is 18.6. The molecule has 0 saturated heterocycles. The van der Waals surface area contributed by atoms with Crippen molar-refractivity contribution in [1.29, 1.82) is 0 Å². The highest BCUT2D eigenvalue weighted by molar-refractivity contribution is 5.85. The van der Waals surface area contributed by atoms with Crippen molar-refractivity contribution >= 4 is 12.0 Å². The summed E-state index contributed by atoms with van der Waals surface area (Å²) in [5.74, 6) is -0.583. The quantitative estimate of drug-likeness (QED) is 0.658. The summed E-state index contributed by atoms with van der Waals surface area (Å²) in [7, 11) is 1.33. The van der Waals surface area contributed by atoms with Crippen LogP contribution < -0.4 is 10.8 Å². The standard InChI is InChI=1S/C24H30N2O5/c1-15(31-24(2,3)4)21(22(27)26-29-5)25-23(28)30-14-20-18-12-8-6-10-16(18)17-11-7-9-13-19(17)20/h6-13,15,20-21H,14H2,1-5H3,(H,25,28)(H,26,27)/t15-,21?/m1/s1. The second-order valence-corrected chi connectivity index (χ2v) is 8.55.